The minimum Gasteiger partial charge on any atom is -0.340 e. The Bertz CT molecular complexity index is 838. The lowest BCUT2D eigenvalue weighted by Crippen LogP contribution is -2.21. The lowest BCUT2D eigenvalue weighted by Gasteiger charge is -2.17. The molecule has 0 amide bonds. The molecule has 3 aromatic rings. The second-order valence-electron chi connectivity index (χ2n) is 5.91. The molecule has 1 aliphatic rings. The monoisotopic (exact) mass is 336 g/mol. The topological polar surface area (TPSA) is 41.9 Å². The minimum absolute atomic E-state index is 0.417. The van der Waals surface area contributed by atoms with E-state index in [2.05, 4.69) is 20.9 Å². The summed E-state index contributed by atoms with van der Waals surface area (Å²) >= 11 is 6.35. The maximum absolute atomic E-state index is 6.35. The number of hydrogen-bond donors (Lipinski definition) is 0. The molecule has 2 aromatic heterocycles. The number of halogens is 1. The summed E-state index contributed by atoms with van der Waals surface area (Å²) in [6, 6.07) is 15.8. The van der Waals surface area contributed by atoms with Crippen LogP contribution in [0.15, 0.2) is 60.9 Å². The molecule has 1 atom stereocenters. The van der Waals surface area contributed by atoms with E-state index in [0.717, 1.165) is 41.9 Å². The summed E-state index contributed by atoms with van der Waals surface area (Å²) in [5.41, 5.74) is 2.92. The fourth-order valence-corrected chi connectivity index (χ4v) is 3.45. The molecule has 24 heavy (non-hydrogen) atoms. The summed E-state index contributed by atoms with van der Waals surface area (Å²) in [6.45, 7) is 1.82. The van der Waals surface area contributed by atoms with Crippen LogP contribution in [0.5, 0.6) is 0 Å². The zero-order chi connectivity index (χ0) is 16.4. The van der Waals surface area contributed by atoms with Crippen molar-refractivity contribution in [2.45, 2.75) is 12.3 Å². The number of anilines is 1. The van der Waals surface area contributed by atoms with Crippen LogP contribution in [0, 0.1) is 0 Å². The lowest BCUT2D eigenvalue weighted by molar-refractivity contribution is 0.773. The number of benzene rings is 1. The van der Waals surface area contributed by atoms with Gasteiger partial charge in [-0.05, 0) is 36.2 Å². The summed E-state index contributed by atoms with van der Waals surface area (Å²) in [6.07, 6.45) is 4.64. The highest BCUT2D eigenvalue weighted by Gasteiger charge is 2.27. The molecule has 3 heterocycles. The van der Waals surface area contributed by atoms with E-state index >= 15 is 0 Å². The van der Waals surface area contributed by atoms with E-state index < -0.39 is 0 Å². The molecule has 120 valence electrons. The molecule has 1 fully saturated rings. The SMILES string of the molecule is Clc1ccccc1C1CCN(c2nccc(-c3ccccn3)n2)C1. The summed E-state index contributed by atoms with van der Waals surface area (Å²) in [5, 5.41) is 0.840. The molecule has 4 nitrogen and oxygen atoms in total. The summed E-state index contributed by atoms with van der Waals surface area (Å²) in [4.78, 5) is 15.7. The van der Waals surface area contributed by atoms with Gasteiger partial charge in [0.25, 0.3) is 0 Å². The third-order valence-electron chi connectivity index (χ3n) is 4.39. The third kappa shape index (κ3) is 2.97. The predicted octanol–water partition coefficient (Wildman–Crippen LogP) is 4.19. The van der Waals surface area contributed by atoms with Crippen LogP contribution in [-0.4, -0.2) is 28.0 Å². The van der Waals surface area contributed by atoms with Gasteiger partial charge in [0.05, 0.1) is 11.4 Å². The predicted molar refractivity (Wildman–Crippen MR) is 96.3 cm³/mol. The van der Waals surface area contributed by atoms with Crippen molar-refractivity contribution in [3.63, 3.8) is 0 Å². The van der Waals surface area contributed by atoms with Crippen LogP contribution in [0.1, 0.15) is 17.9 Å². The number of pyridine rings is 1. The second kappa shape index (κ2) is 6.57. The molecule has 0 radical (unpaired) electrons. The van der Waals surface area contributed by atoms with Crippen molar-refractivity contribution < 1.29 is 0 Å². The van der Waals surface area contributed by atoms with Crippen molar-refractivity contribution in [1.29, 1.82) is 0 Å². The van der Waals surface area contributed by atoms with Crippen molar-refractivity contribution in [2.75, 3.05) is 18.0 Å². The van der Waals surface area contributed by atoms with Gasteiger partial charge in [0.2, 0.25) is 5.95 Å². The maximum atomic E-state index is 6.35. The van der Waals surface area contributed by atoms with Crippen LogP contribution >= 0.6 is 11.6 Å². The van der Waals surface area contributed by atoms with E-state index in [0.29, 0.717) is 5.92 Å². The lowest BCUT2D eigenvalue weighted by atomic mass is 9.98. The Hall–Kier alpha value is -2.46. The average molecular weight is 337 g/mol. The standard InChI is InChI=1S/C19H17ClN4/c20-16-6-2-1-5-15(16)14-9-12-24(13-14)19-22-11-8-18(23-19)17-7-3-4-10-21-17/h1-8,10-11,14H,9,12-13H2. The van der Waals surface area contributed by atoms with Gasteiger partial charge in [0.15, 0.2) is 0 Å². The van der Waals surface area contributed by atoms with Crippen molar-refractivity contribution in [1.82, 2.24) is 15.0 Å². The zero-order valence-electron chi connectivity index (χ0n) is 13.1. The van der Waals surface area contributed by atoms with Crippen molar-refractivity contribution in [3.05, 3.63) is 71.5 Å². The first-order valence-corrected chi connectivity index (χ1v) is 8.43. The van der Waals surface area contributed by atoms with E-state index in [4.69, 9.17) is 16.6 Å². The quantitative estimate of drug-likeness (QED) is 0.719. The van der Waals surface area contributed by atoms with Crippen LogP contribution in [0.25, 0.3) is 11.4 Å². The van der Waals surface area contributed by atoms with Crippen molar-refractivity contribution in [3.8, 4) is 11.4 Å². The molecule has 0 N–H and O–H groups in total. The Kier molecular flexibility index (Phi) is 4.13. The Morgan fingerprint density at radius 2 is 1.79 bits per heavy atom. The number of aromatic nitrogens is 3. The van der Waals surface area contributed by atoms with Gasteiger partial charge in [-0.2, -0.15) is 0 Å². The minimum atomic E-state index is 0.417. The van der Waals surface area contributed by atoms with Crippen LogP contribution < -0.4 is 4.90 Å². The highest BCUT2D eigenvalue weighted by Crippen LogP contribution is 2.33. The van der Waals surface area contributed by atoms with Crippen LogP contribution in [0.4, 0.5) is 5.95 Å². The summed E-state index contributed by atoms with van der Waals surface area (Å²) in [5.74, 6) is 1.17. The van der Waals surface area contributed by atoms with Crippen LogP contribution in [0.3, 0.4) is 0 Å². The zero-order valence-corrected chi connectivity index (χ0v) is 13.9. The van der Waals surface area contributed by atoms with Gasteiger partial charge in [-0.25, -0.2) is 9.97 Å². The van der Waals surface area contributed by atoms with Gasteiger partial charge in [0.1, 0.15) is 0 Å². The van der Waals surface area contributed by atoms with Gasteiger partial charge < -0.3 is 4.90 Å². The molecule has 5 heteroatoms. The van der Waals surface area contributed by atoms with E-state index in [1.807, 2.05) is 42.5 Å². The first-order valence-electron chi connectivity index (χ1n) is 8.05. The van der Waals surface area contributed by atoms with Gasteiger partial charge in [-0.15, -0.1) is 0 Å². The summed E-state index contributed by atoms with van der Waals surface area (Å²) < 4.78 is 0. The van der Waals surface area contributed by atoms with Crippen molar-refractivity contribution >= 4 is 17.5 Å². The van der Waals surface area contributed by atoms with Gasteiger partial charge >= 0.3 is 0 Å². The van der Waals surface area contributed by atoms with Gasteiger partial charge in [0, 0.05) is 36.4 Å². The van der Waals surface area contributed by atoms with Crippen LogP contribution in [-0.2, 0) is 0 Å². The second-order valence-corrected chi connectivity index (χ2v) is 6.32. The smallest absolute Gasteiger partial charge is 0.225 e. The molecule has 1 unspecified atom stereocenters. The number of rotatable bonds is 3. The highest BCUT2D eigenvalue weighted by atomic mass is 35.5. The average Bonchev–Trinajstić information content (AvgIpc) is 3.13. The Morgan fingerprint density at radius 1 is 0.917 bits per heavy atom. The molecule has 0 spiro atoms. The molecule has 1 aliphatic heterocycles. The molecule has 1 aromatic carbocycles. The fraction of sp³-hybridized carbons (Fsp3) is 0.211. The van der Waals surface area contributed by atoms with Crippen molar-refractivity contribution in [2.24, 2.45) is 0 Å². The fourth-order valence-electron chi connectivity index (χ4n) is 3.16. The highest BCUT2D eigenvalue weighted by molar-refractivity contribution is 6.31. The summed E-state index contributed by atoms with van der Waals surface area (Å²) in [7, 11) is 0. The van der Waals surface area contributed by atoms with Gasteiger partial charge in [-0.1, -0.05) is 35.9 Å². The van der Waals surface area contributed by atoms with E-state index in [9.17, 15) is 0 Å². The molecular formula is C19H17ClN4. The molecule has 0 aliphatic carbocycles. The largest absolute Gasteiger partial charge is 0.340 e. The van der Waals surface area contributed by atoms with E-state index in [1.54, 1.807) is 12.4 Å². The maximum Gasteiger partial charge on any atom is 0.225 e. The molecular weight excluding hydrogens is 320 g/mol. The first-order chi connectivity index (χ1) is 11.8. The van der Waals surface area contributed by atoms with Gasteiger partial charge in [-0.3, -0.25) is 4.98 Å². The number of nitrogens with zero attached hydrogens (tertiary/aromatic N) is 4. The normalized spacial score (nSPS) is 17.2. The first kappa shape index (κ1) is 15.1. The molecule has 0 saturated carbocycles. The Morgan fingerprint density at radius 3 is 2.62 bits per heavy atom. The van der Waals surface area contributed by atoms with E-state index in [1.165, 1.54) is 5.56 Å². The van der Waals surface area contributed by atoms with Crippen LogP contribution in [0.2, 0.25) is 5.02 Å². The molecule has 1 saturated heterocycles. The molecule has 0 bridgehead atoms. The Balaban J connectivity index is 1.57. The molecule has 4 rings (SSSR count). The Labute approximate surface area is 146 Å². The third-order valence-corrected chi connectivity index (χ3v) is 4.73. The van der Waals surface area contributed by atoms with E-state index in [-0.39, 0.29) is 0 Å². The number of hydrogen-bond acceptors (Lipinski definition) is 4.